The number of hydrogen-bond donors (Lipinski definition) is 1. The number of aliphatic carboxylic acids is 1. The van der Waals surface area contributed by atoms with Crippen LogP contribution in [-0.2, 0) is 9.53 Å². The maximum absolute atomic E-state index is 10.8. The van der Waals surface area contributed by atoms with E-state index >= 15 is 0 Å². The minimum absolute atomic E-state index is 0.140. The van der Waals surface area contributed by atoms with Crippen LogP contribution in [0.2, 0.25) is 0 Å². The van der Waals surface area contributed by atoms with Crippen LogP contribution in [0, 0.1) is 5.92 Å². The summed E-state index contributed by atoms with van der Waals surface area (Å²) in [4.78, 5) is 10.8. The second-order valence-electron chi connectivity index (χ2n) is 5.78. The van der Waals surface area contributed by atoms with Gasteiger partial charge < -0.3 is 9.84 Å². The van der Waals surface area contributed by atoms with E-state index in [9.17, 15) is 4.79 Å². The van der Waals surface area contributed by atoms with Crippen molar-refractivity contribution in [1.82, 2.24) is 0 Å². The first-order valence-corrected chi connectivity index (χ1v) is 8.15. The number of carbonyl (C=O) groups is 1. The first kappa shape index (κ1) is 14.2. The fourth-order valence-corrected chi connectivity index (χ4v) is 4.41. The van der Waals surface area contributed by atoms with Crippen molar-refractivity contribution in [3.8, 4) is 0 Å². The van der Waals surface area contributed by atoms with E-state index in [-0.39, 0.29) is 11.5 Å². The molecule has 4 heteroatoms. The van der Waals surface area contributed by atoms with Gasteiger partial charge in [0.1, 0.15) is 0 Å². The van der Waals surface area contributed by atoms with Crippen molar-refractivity contribution in [3.05, 3.63) is 0 Å². The number of ether oxygens (including phenoxy) is 1. The van der Waals surface area contributed by atoms with Gasteiger partial charge in [-0.15, -0.1) is 0 Å². The molecule has 1 aliphatic carbocycles. The van der Waals surface area contributed by atoms with E-state index < -0.39 is 5.97 Å². The molecule has 1 saturated carbocycles. The first-order valence-electron chi connectivity index (χ1n) is 7.10. The van der Waals surface area contributed by atoms with Crippen LogP contribution in [-0.4, -0.2) is 34.3 Å². The van der Waals surface area contributed by atoms with Crippen LogP contribution in [0.4, 0.5) is 0 Å². The van der Waals surface area contributed by atoms with Crippen LogP contribution >= 0.6 is 11.8 Å². The molecule has 0 aromatic rings. The highest BCUT2D eigenvalue weighted by Gasteiger charge is 2.38. The number of carboxylic acid groups (broad SMARTS) is 1. The Morgan fingerprint density at radius 2 is 2.17 bits per heavy atom. The van der Waals surface area contributed by atoms with Gasteiger partial charge >= 0.3 is 5.97 Å². The van der Waals surface area contributed by atoms with Crippen LogP contribution < -0.4 is 0 Å². The summed E-state index contributed by atoms with van der Waals surface area (Å²) < 4.78 is 6.06. The lowest BCUT2D eigenvalue weighted by Crippen LogP contribution is -2.42. The van der Waals surface area contributed by atoms with E-state index in [2.05, 4.69) is 0 Å². The van der Waals surface area contributed by atoms with Crippen LogP contribution in [0.1, 0.15) is 51.9 Å². The molecule has 2 fully saturated rings. The molecule has 0 bridgehead atoms. The minimum Gasteiger partial charge on any atom is -0.481 e. The Morgan fingerprint density at radius 3 is 2.83 bits per heavy atom. The van der Waals surface area contributed by atoms with Crippen LogP contribution in [0.25, 0.3) is 0 Å². The molecular weight excluding hydrogens is 248 g/mol. The quantitative estimate of drug-likeness (QED) is 0.852. The van der Waals surface area contributed by atoms with Crippen LogP contribution in [0.5, 0.6) is 0 Å². The molecule has 1 saturated heterocycles. The summed E-state index contributed by atoms with van der Waals surface area (Å²) in [6.07, 6.45) is 8.56. The largest absolute Gasteiger partial charge is 0.481 e. The number of carboxylic acids is 1. The molecule has 2 atom stereocenters. The van der Waals surface area contributed by atoms with Crippen molar-refractivity contribution in [2.45, 2.75) is 62.7 Å². The lowest BCUT2D eigenvalue weighted by Gasteiger charge is -2.43. The summed E-state index contributed by atoms with van der Waals surface area (Å²) >= 11 is 1.84. The van der Waals surface area contributed by atoms with Crippen molar-refractivity contribution in [2.24, 2.45) is 5.92 Å². The van der Waals surface area contributed by atoms with E-state index in [1.807, 2.05) is 11.8 Å². The molecule has 0 amide bonds. The van der Waals surface area contributed by atoms with E-state index in [0.29, 0.717) is 5.25 Å². The molecular formula is C14H24O3S. The molecule has 104 valence electrons. The molecule has 2 unspecified atom stereocenters. The van der Waals surface area contributed by atoms with Crippen molar-refractivity contribution < 1.29 is 14.6 Å². The van der Waals surface area contributed by atoms with Gasteiger partial charge in [-0.2, -0.15) is 11.8 Å². The fourth-order valence-electron chi connectivity index (χ4n) is 3.02. The van der Waals surface area contributed by atoms with Gasteiger partial charge in [-0.1, -0.05) is 26.2 Å². The Balaban J connectivity index is 1.81. The SMILES string of the molecule is CC(CSC1CCOC2(CCCCC2)C1)C(=O)O. The summed E-state index contributed by atoms with van der Waals surface area (Å²) in [5.41, 5.74) is 0.140. The molecule has 18 heavy (non-hydrogen) atoms. The molecule has 0 aromatic carbocycles. The van der Waals surface area contributed by atoms with Gasteiger partial charge in [0.15, 0.2) is 0 Å². The van der Waals surface area contributed by atoms with Crippen molar-refractivity contribution >= 4 is 17.7 Å². The Hall–Kier alpha value is -0.220. The molecule has 0 aromatic heterocycles. The summed E-state index contributed by atoms with van der Waals surface area (Å²) in [6, 6.07) is 0. The zero-order valence-electron chi connectivity index (χ0n) is 11.2. The molecule has 1 heterocycles. The van der Waals surface area contributed by atoms with E-state index in [0.717, 1.165) is 25.2 Å². The standard InChI is InChI=1S/C14H24O3S/c1-11(13(15)16)10-18-12-5-8-17-14(9-12)6-3-2-4-7-14/h11-12H,2-10H2,1H3,(H,15,16). The van der Waals surface area contributed by atoms with Crippen molar-refractivity contribution in [2.75, 3.05) is 12.4 Å². The van der Waals surface area contributed by atoms with Crippen LogP contribution in [0.15, 0.2) is 0 Å². The molecule has 3 nitrogen and oxygen atoms in total. The zero-order chi connectivity index (χ0) is 13.0. The molecule has 0 radical (unpaired) electrons. The number of thioether (sulfide) groups is 1. The third kappa shape index (κ3) is 3.64. The highest BCUT2D eigenvalue weighted by molar-refractivity contribution is 7.99. The first-order chi connectivity index (χ1) is 8.61. The molecule has 1 N–H and O–H groups in total. The molecule has 1 spiro atoms. The normalized spacial score (nSPS) is 29.1. The summed E-state index contributed by atoms with van der Waals surface area (Å²) in [7, 11) is 0. The average Bonchev–Trinajstić information content (AvgIpc) is 2.37. The topological polar surface area (TPSA) is 46.5 Å². The predicted octanol–water partition coefficient (Wildman–Crippen LogP) is 3.32. The molecule has 2 rings (SSSR count). The van der Waals surface area contributed by atoms with E-state index in [1.54, 1.807) is 6.92 Å². The molecule has 2 aliphatic rings. The van der Waals surface area contributed by atoms with Gasteiger partial charge in [-0.3, -0.25) is 4.79 Å². The lowest BCUT2D eigenvalue weighted by atomic mass is 9.80. The average molecular weight is 272 g/mol. The maximum atomic E-state index is 10.8. The Labute approximate surface area is 114 Å². The summed E-state index contributed by atoms with van der Waals surface area (Å²) in [5, 5.41) is 9.51. The van der Waals surface area contributed by atoms with Crippen LogP contribution in [0.3, 0.4) is 0 Å². The van der Waals surface area contributed by atoms with Gasteiger partial charge in [-0.05, 0) is 25.7 Å². The van der Waals surface area contributed by atoms with Gasteiger partial charge in [0.25, 0.3) is 0 Å². The summed E-state index contributed by atoms with van der Waals surface area (Å²) in [6.45, 7) is 2.66. The van der Waals surface area contributed by atoms with Crippen molar-refractivity contribution in [3.63, 3.8) is 0 Å². The minimum atomic E-state index is -0.679. The van der Waals surface area contributed by atoms with Gasteiger partial charge in [0, 0.05) is 17.6 Å². The van der Waals surface area contributed by atoms with Gasteiger partial charge in [-0.25, -0.2) is 0 Å². The fraction of sp³-hybridized carbons (Fsp3) is 0.929. The number of rotatable bonds is 4. The Kier molecular flexibility index (Phi) is 4.96. The van der Waals surface area contributed by atoms with E-state index in [1.165, 1.54) is 32.1 Å². The number of hydrogen-bond acceptors (Lipinski definition) is 3. The van der Waals surface area contributed by atoms with E-state index in [4.69, 9.17) is 9.84 Å². The smallest absolute Gasteiger partial charge is 0.307 e. The maximum Gasteiger partial charge on any atom is 0.307 e. The Bertz CT molecular complexity index is 281. The van der Waals surface area contributed by atoms with Crippen molar-refractivity contribution in [1.29, 1.82) is 0 Å². The highest BCUT2D eigenvalue weighted by atomic mass is 32.2. The molecule has 1 aliphatic heterocycles. The monoisotopic (exact) mass is 272 g/mol. The predicted molar refractivity (Wildman–Crippen MR) is 74.0 cm³/mol. The third-order valence-electron chi connectivity index (χ3n) is 4.22. The highest BCUT2D eigenvalue weighted by Crippen LogP contribution is 2.41. The Morgan fingerprint density at radius 1 is 1.44 bits per heavy atom. The lowest BCUT2D eigenvalue weighted by molar-refractivity contribution is -0.140. The third-order valence-corrected chi connectivity index (χ3v) is 5.78. The zero-order valence-corrected chi connectivity index (χ0v) is 12.0. The summed E-state index contributed by atoms with van der Waals surface area (Å²) in [5.74, 6) is -0.183. The van der Waals surface area contributed by atoms with Gasteiger partial charge in [0.05, 0.1) is 11.5 Å². The second-order valence-corrected chi connectivity index (χ2v) is 7.11. The van der Waals surface area contributed by atoms with Gasteiger partial charge in [0.2, 0.25) is 0 Å². The second kappa shape index (κ2) is 6.29.